The number of carbonyl (C=O) groups excluding carboxylic acids is 3. The molecule has 0 saturated carbocycles. The van der Waals surface area contributed by atoms with Crippen LogP contribution in [-0.4, -0.2) is 78.5 Å². The highest BCUT2D eigenvalue weighted by Crippen LogP contribution is 2.19. The van der Waals surface area contributed by atoms with Gasteiger partial charge in [-0.3, -0.25) is 19.1 Å². The molecule has 1 N–H and O–H groups in total. The molecular weight excluding hydrogens is 508 g/mol. The zero-order chi connectivity index (χ0) is 27.5. The Kier molecular flexibility index (Phi) is 6.75. The first-order valence-corrected chi connectivity index (χ1v) is 12.9. The molecule has 0 radical (unpaired) electrons. The molecule has 200 valence electrons. The van der Waals surface area contributed by atoms with Gasteiger partial charge in [0.25, 0.3) is 11.8 Å². The summed E-state index contributed by atoms with van der Waals surface area (Å²) in [4.78, 5) is 43.3. The monoisotopic (exact) mass is 534 g/mol. The maximum atomic E-state index is 13.0. The highest BCUT2D eigenvalue weighted by molar-refractivity contribution is 6.03. The molecule has 3 amide bonds. The fourth-order valence-electron chi connectivity index (χ4n) is 4.64. The van der Waals surface area contributed by atoms with Crippen LogP contribution in [0.15, 0.2) is 91.3 Å². The lowest BCUT2D eigenvalue weighted by molar-refractivity contribution is -0.133. The summed E-state index contributed by atoms with van der Waals surface area (Å²) in [5.74, 6) is -0.460. The highest BCUT2D eigenvalue weighted by Gasteiger charge is 2.25. The quantitative estimate of drug-likeness (QED) is 0.358. The fraction of sp³-hybridized carbons (Fsp3) is 0.172. The Morgan fingerprint density at radius 2 is 1.50 bits per heavy atom. The number of piperazine rings is 1. The molecule has 0 unspecified atom stereocenters. The smallest absolute Gasteiger partial charge is 0.277 e. The van der Waals surface area contributed by atoms with E-state index >= 15 is 0 Å². The normalized spacial score (nSPS) is 13.4. The zero-order valence-corrected chi connectivity index (χ0v) is 21.6. The molecule has 2 aromatic heterocycles. The Hall–Kier alpha value is -5.32. The molecule has 0 bridgehead atoms. The van der Waals surface area contributed by atoms with Crippen LogP contribution in [0.2, 0.25) is 0 Å². The Bertz CT molecular complexity index is 1670. The number of nitrogens with one attached hydrogen (secondary N) is 1. The molecule has 5 aromatic rings. The number of nitrogens with zero attached hydrogens (tertiary/aromatic N) is 7. The number of benzene rings is 3. The minimum absolute atomic E-state index is 0.0188. The van der Waals surface area contributed by atoms with Crippen LogP contribution in [0.5, 0.6) is 0 Å². The summed E-state index contributed by atoms with van der Waals surface area (Å²) in [5, 5.41) is 16.6. The number of anilines is 1. The first-order chi connectivity index (χ1) is 19.5. The van der Waals surface area contributed by atoms with Crippen molar-refractivity contribution in [3.8, 4) is 5.69 Å². The molecule has 0 aliphatic carbocycles. The van der Waals surface area contributed by atoms with Crippen LogP contribution in [-0.2, 0) is 11.3 Å². The van der Waals surface area contributed by atoms with Gasteiger partial charge in [-0.1, -0.05) is 36.4 Å². The number of para-hydroxylation sites is 1. The van der Waals surface area contributed by atoms with E-state index in [9.17, 15) is 14.4 Å². The van der Waals surface area contributed by atoms with E-state index in [-0.39, 0.29) is 30.0 Å². The predicted octanol–water partition coefficient (Wildman–Crippen LogP) is 2.85. The van der Waals surface area contributed by atoms with Gasteiger partial charge in [0.1, 0.15) is 6.54 Å². The molecule has 0 spiro atoms. The van der Waals surface area contributed by atoms with Crippen LogP contribution < -0.4 is 5.32 Å². The lowest BCUT2D eigenvalue weighted by Gasteiger charge is -2.34. The van der Waals surface area contributed by atoms with Gasteiger partial charge in [0, 0.05) is 49.0 Å². The number of carbonyl (C=O) groups is 3. The SMILES string of the molecule is O=C(Nc1ccc2nn(CC(=O)N3CCN(C(=O)c4ccccc4)CC3)cc2c1)c1cnn(-c2ccccc2)n1. The Morgan fingerprint density at radius 1 is 0.800 bits per heavy atom. The van der Waals surface area contributed by atoms with E-state index in [0.29, 0.717) is 42.9 Å². The second kappa shape index (κ2) is 10.8. The van der Waals surface area contributed by atoms with E-state index in [1.54, 1.807) is 51.0 Å². The number of hydrogen-bond donors (Lipinski definition) is 1. The zero-order valence-electron chi connectivity index (χ0n) is 21.6. The molecule has 1 aliphatic heterocycles. The number of aromatic nitrogens is 5. The summed E-state index contributed by atoms with van der Waals surface area (Å²) in [6.45, 7) is 2.02. The van der Waals surface area contributed by atoms with Crippen molar-refractivity contribution in [3.05, 3.63) is 103 Å². The van der Waals surface area contributed by atoms with E-state index < -0.39 is 0 Å². The summed E-state index contributed by atoms with van der Waals surface area (Å²) >= 11 is 0. The standard InChI is InChI=1S/C29H26N8O3/c38-27(34-13-15-35(16-14-34)29(40)21-7-3-1-4-8-21)20-36-19-22-17-23(11-12-25(22)32-36)31-28(39)26-18-30-37(33-26)24-9-5-2-6-10-24/h1-12,17-19H,13-16,20H2,(H,31,39). The first-order valence-electron chi connectivity index (χ1n) is 12.9. The van der Waals surface area contributed by atoms with E-state index in [0.717, 1.165) is 11.1 Å². The molecule has 11 nitrogen and oxygen atoms in total. The second-order valence-corrected chi connectivity index (χ2v) is 9.45. The summed E-state index contributed by atoms with van der Waals surface area (Å²) < 4.78 is 1.60. The van der Waals surface area contributed by atoms with Crippen LogP contribution in [0.25, 0.3) is 16.6 Å². The van der Waals surface area contributed by atoms with Gasteiger partial charge in [-0.15, -0.1) is 5.10 Å². The number of rotatable bonds is 6. The van der Waals surface area contributed by atoms with Gasteiger partial charge in [-0.05, 0) is 42.5 Å². The average molecular weight is 535 g/mol. The van der Waals surface area contributed by atoms with Crippen molar-refractivity contribution in [2.75, 3.05) is 31.5 Å². The third-order valence-corrected chi connectivity index (χ3v) is 6.76. The maximum absolute atomic E-state index is 13.0. The summed E-state index contributed by atoms with van der Waals surface area (Å²) in [6.07, 6.45) is 3.20. The van der Waals surface area contributed by atoms with Crippen LogP contribution in [0.4, 0.5) is 5.69 Å². The van der Waals surface area contributed by atoms with Gasteiger partial charge in [0.15, 0.2) is 5.69 Å². The van der Waals surface area contributed by atoms with Crippen LogP contribution in [0.1, 0.15) is 20.8 Å². The summed E-state index contributed by atoms with van der Waals surface area (Å²) in [7, 11) is 0. The topological polar surface area (TPSA) is 118 Å². The lowest BCUT2D eigenvalue weighted by atomic mass is 10.2. The van der Waals surface area contributed by atoms with Crippen molar-refractivity contribution < 1.29 is 14.4 Å². The second-order valence-electron chi connectivity index (χ2n) is 9.45. The number of fused-ring (bicyclic) bond motifs is 1. The van der Waals surface area contributed by atoms with Gasteiger partial charge >= 0.3 is 0 Å². The highest BCUT2D eigenvalue weighted by atomic mass is 16.2. The molecule has 3 heterocycles. The maximum Gasteiger partial charge on any atom is 0.277 e. The average Bonchev–Trinajstić information content (AvgIpc) is 3.65. The van der Waals surface area contributed by atoms with Crippen LogP contribution in [0.3, 0.4) is 0 Å². The predicted molar refractivity (Wildman–Crippen MR) is 148 cm³/mol. The van der Waals surface area contributed by atoms with Crippen molar-refractivity contribution in [2.24, 2.45) is 0 Å². The molecule has 40 heavy (non-hydrogen) atoms. The molecule has 11 heteroatoms. The number of hydrogen-bond acceptors (Lipinski definition) is 6. The largest absolute Gasteiger partial charge is 0.338 e. The molecule has 1 aliphatic rings. The molecular formula is C29H26N8O3. The fourth-order valence-corrected chi connectivity index (χ4v) is 4.64. The van der Waals surface area contributed by atoms with Crippen molar-refractivity contribution in [2.45, 2.75) is 6.54 Å². The van der Waals surface area contributed by atoms with Crippen molar-refractivity contribution in [1.29, 1.82) is 0 Å². The summed E-state index contributed by atoms with van der Waals surface area (Å²) in [5.41, 5.74) is 2.89. The van der Waals surface area contributed by atoms with E-state index in [1.165, 1.54) is 11.0 Å². The first kappa shape index (κ1) is 25.0. The summed E-state index contributed by atoms with van der Waals surface area (Å²) in [6, 6.07) is 23.9. The minimum Gasteiger partial charge on any atom is -0.338 e. The lowest BCUT2D eigenvalue weighted by Crippen LogP contribution is -2.51. The molecule has 3 aromatic carbocycles. The molecule has 6 rings (SSSR count). The Morgan fingerprint density at radius 3 is 2.25 bits per heavy atom. The molecule has 0 atom stereocenters. The van der Waals surface area contributed by atoms with Crippen LogP contribution >= 0.6 is 0 Å². The van der Waals surface area contributed by atoms with Gasteiger partial charge in [-0.25, -0.2) is 0 Å². The minimum atomic E-state index is -0.381. The third kappa shape index (κ3) is 5.30. The Labute approximate surface area is 229 Å². The van der Waals surface area contributed by atoms with Crippen molar-refractivity contribution in [3.63, 3.8) is 0 Å². The van der Waals surface area contributed by atoms with E-state index in [2.05, 4.69) is 20.6 Å². The van der Waals surface area contributed by atoms with Gasteiger partial charge in [0.05, 0.1) is 17.4 Å². The van der Waals surface area contributed by atoms with Crippen molar-refractivity contribution >= 4 is 34.3 Å². The number of amides is 3. The molecule has 1 saturated heterocycles. The third-order valence-electron chi connectivity index (χ3n) is 6.76. The van der Waals surface area contributed by atoms with E-state index in [1.807, 2.05) is 48.5 Å². The van der Waals surface area contributed by atoms with Gasteiger partial charge < -0.3 is 15.1 Å². The van der Waals surface area contributed by atoms with E-state index in [4.69, 9.17) is 0 Å². The Balaban J connectivity index is 1.06. The molecule has 1 fully saturated rings. The van der Waals surface area contributed by atoms with Crippen LogP contribution in [0, 0.1) is 0 Å². The van der Waals surface area contributed by atoms with Crippen molar-refractivity contribution in [1.82, 2.24) is 34.6 Å². The van der Waals surface area contributed by atoms with Gasteiger partial charge in [0.2, 0.25) is 5.91 Å². The van der Waals surface area contributed by atoms with Gasteiger partial charge in [-0.2, -0.15) is 15.0 Å².